The minimum Gasteiger partial charge on any atom is -0.454 e. The quantitative estimate of drug-likeness (QED) is 0.365. The maximum absolute atomic E-state index is 5.33. The minimum atomic E-state index is 0. The summed E-state index contributed by atoms with van der Waals surface area (Å²) in [6.45, 7) is 5.30. The van der Waals surface area contributed by atoms with E-state index < -0.39 is 0 Å². The Morgan fingerprint density at radius 1 is 1.37 bits per heavy atom. The average molecular weight is 375 g/mol. The molecule has 5 nitrogen and oxygen atoms in total. The van der Waals surface area contributed by atoms with E-state index >= 15 is 0 Å². The molecular formula is C13H18IN3O2. The van der Waals surface area contributed by atoms with Crippen molar-refractivity contribution in [3.05, 3.63) is 36.4 Å². The molecule has 19 heavy (non-hydrogen) atoms. The molecule has 1 aliphatic heterocycles. The summed E-state index contributed by atoms with van der Waals surface area (Å²) >= 11 is 0. The van der Waals surface area contributed by atoms with Crippen LogP contribution < -0.4 is 20.1 Å². The summed E-state index contributed by atoms with van der Waals surface area (Å²) in [6.07, 6.45) is 1.79. The number of nitrogens with zero attached hydrogens (tertiary/aromatic N) is 1. The molecule has 0 spiro atoms. The van der Waals surface area contributed by atoms with E-state index in [0.717, 1.165) is 23.0 Å². The second-order valence-corrected chi connectivity index (χ2v) is 3.78. The molecule has 0 atom stereocenters. The van der Waals surface area contributed by atoms with Crippen molar-refractivity contribution >= 4 is 29.9 Å². The molecule has 0 bridgehead atoms. The largest absolute Gasteiger partial charge is 0.454 e. The number of rotatable bonds is 4. The van der Waals surface area contributed by atoms with Crippen LogP contribution in [0.3, 0.4) is 0 Å². The zero-order valence-corrected chi connectivity index (χ0v) is 13.1. The summed E-state index contributed by atoms with van der Waals surface area (Å²) in [5.41, 5.74) is 1.11. The van der Waals surface area contributed by atoms with Gasteiger partial charge in [-0.2, -0.15) is 0 Å². The molecule has 2 N–H and O–H groups in total. The lowest BCUT2D eigenvalue weighted by Crippen LogP contribution is -2.36. The molecule has 0 saturated heterocycles. The zero-order chi connectivity index (χ0) is 12.8. The summed E-state index contributed by atoms with van der Waals surface area (Å²) in [5.74, 6) is 2.34. The van der Waals surface area contributed by atoms with Gasteiger partial charge in [0.2, 0.25) is 6.79 Å². The van der Waals surface area contributed by atoms with Crippen molar-refractivity contribution in [3.63, 3.8) is 0 Å². The van der Waals surface area contributed by atoms with Gasteiger partial charge in [0.1, 0.15) is 0 Å². The molecule has 0 amide bonds. The van der Waals surface area contributed by atoms with Gasteiger partial charge in [0, 0.05) is 20.1 Å². The highest BCUT2D eigenvalue weighted by molar-refractivity contribution is 14.0. The Hall–Kier alpha value is -1.44. The van der Waals surface area contributed by atoms with Crippen molar-refractivity contribution < 1.29 is 9.47 Å². The molecule has 2 rings (SSSR count). The second-order valence-electron chi connectivity index (χ2n) is 3.78. The van der Waals surface area contributed by atoms with Gasteiger partial charge in [-0.05, 0) is 17.7 Å². The van der Waals surface area contributed by atoms with E-state index in [-0.39, 0.29) is 24.0 Å². The lowest BCUT2D eigenvalue weighted by atomic mass is 10.2. The Bertz CT molecular complexity index is 463. The fourth-order valence-electron chi connectivity index (χ4n) is 1.63. The average Bonchev–Trinajstić information content (AvgIpc) is 2.86. The van der Waals surface area contributed by atoms with E-state index in [0.29, 0.717) is 19.9 Å². The Labute approximate surface area is 130 Å². The van der Waals surface area contributed by atoms with E-state index in [4.69, 9.17) is 9.47 Å². The number of aliphatic imine (C=N–C) groups is 1. The van der Waals surface area contributed by atoms with Crippen molar-refractivity contribution in [2.45, 2.75) is 6.54 Å². The smallest absolute Gasteiger partial charge is 0.231 e. The predicted octanol–water partition coefficient (Wildman–Crippen LogP) is 1.88. The molecule has 0 unspecified atom stereocenters. The van der Waals surface area contributed by atoms with Crippen molar-refractivity contribution in [3.8, 4) is 11.5 Å². The minimum absolute atomic E-state index is 0. The van der Waals surface area contributed by atoms with Crippen molar-refractivity contribution in [2.24, 2.45) is 4.99 Å². The normalized spacial score (nSPS) is 12.6. The van der Waals surface area contributed by atoms with Gasteiger partial charge >= 0.3 is 0 Å². The molecule has 1 aromatic carbocycles. The third kappa shape index (κ3) is 4.30. The summed E-state index contributed by atoms with van der Waals surface area (Å²) in [4.78, 5) is 4.10. The Morgan fingerprint density at radius 3 is 2.89 bits per heavy atom. The molecule has 0 saturated carbocycles. The van der Waals surface area contributed by atoms with Crippen LogP contribution in [0, 0.1) is 0 Å². The number of nitrogens with one attached hydrogen (secondary N) is 2. The Kier molecular flexibility index (Phi) is 6.48. The van der Waals surface area contributed by atoms with Crippen LogP contribution in [0.15, 0.2) is 35.8 Å². The third-order valence-electron chi connectivity index (χ3n) is 2.53. The molecule has 0 aromatic heterocycles. The van der Waals surface area contributed by atoms with Crippen LogP contribution in [-0.2, 0) is 6.54 Å². The predicted molar refractivity (Wildman–Crippen MR) is 86.4 cm³/mol. The van der Waals surface area contributed by atoms with Gasteiger partial charge in [-0.15, -0.1) is 30.6 Å². The topological polar surface area (TPSA) is 54.9 Å². The molecule has 0 fully saturated rings. The summed E-state index contributed by atoms with van der Waals surface area (Å²) in [7, 11) is 1.73. The highest BCUT2D eigenvalue weighted by Gasteiger charge is 2.12. The van der Waals surface area contributed by atoms with Crippen LogP contribution in [0.1, 0.15) is 5.56 Å². The number of hydrogen-bond donors (Lipinski definition) is 2. The van der Waals surface area contributed by atoms with Gasteiger partial charge in [0.15, 0.2) is 17.5 Å². The highest BCUT2D eigenvalue weighted by atomic mass is 127. The van der Waals surface area contributed by atoms with Gasteiger partial charge in [-0.25, -0.2) is 0 Å². The van der Waals surface area contributed by atoms with Gasteiger partial charge < -0.3 is 20.1 Å². The standard InChI is InChI=1S/C13H17N3O2.HI/c1-3-6-15-13(14-2)16-8-10-4-5-11-12(7-10)18-9-17-11;/h3-5,7H,1,6,8-9H2,2H3,(H2,14,15,16);1H. The summed E-state index contributed by atoms with van der Waals surface area (Å²) < 4.78 is 10.6. The Balaban J connectivity index is 0.00000180. The fourth-order valence-corrected chi connectivity index (χ4v) is 1.63. The number of fused-ring (bicyclic) bond motifs is 1. The van der Waals surface area contributed by atoms with Crippen molar-refractivity contribution in [1.82, 2.24) is 10.6 Å². The van der Waals surface area contributed by atoms with Crippen LogP contribution in [0.25, 0.3) is 0 Å². The molecule has 104 valence electrons. The van der Waals surface area contributed by atoms with Gasteiger partial charge in [-0.1, -0.05) is 12.1 Å². The first-order valence-electron chi connectivity index (χ1n) is 5.77. The number of guanidine groups is 1. The third-order valence-corrected chi connectivity index (χ3v) is 2.53. The fraction of sp³-hybridized carbons (Fsp3) is 0.308. The molecule has 0 radical (unpaired) electrons. The lowest BCUT2D eigenvalue weighted by Gasteiger charge is -2.10. The maximum atomic E-state index is 5.33. The monoisotopic (exact) mass is 375 g/mol. The van der Waals surface area contributed by atoms with Crippen LogP contribution in [0.2, 0.25) is 0 Å². The second kappa shape index (κ2) is 7.88. The van der Waals surface area contributed by atoms with Crippen LogP contribution in [0.5, 0.6) is 11.5 Å². The molecular weight excluding hydrogens is 357 g/mol. The van der Waals surface area contributed by atoms with Crippen LogP contribution >= 0.6 is 24.0 Å². The molecule has 1 heterocycles. The first kappa shape index (κ1) is 15.6. The Morgan fingerprint density at radius 2 is 2.16 bits per heavy atom. The van der Waals surface area contributed by atoms with E-state index in [1.165, 1.54) is 0 Å². The number of hydrogen-bond acceptors (Lipinski definition) is 3. The lowest BCUT2D eigenvalue weighted by molar-refractivity contribution is 0.174. The first-order valence-corrected chi connectivity index (χ1v) is 5.77. The van der Waals surface area contributed by atoms with Gasteiger partial charge in [0.25, 0.3) is 0 Å². The first-order chi connectivity index (χ1) is 8.83. The SMILES string of the molecule is C=CCNC(=NC)NCc1ccc2c(c1)OCO2.I. The molecule has 6 heteroatoms. The van der Waals surface area contributed by atoms with E-state index in [2.05, 4.69) is 22.2 Å². The van der Waals surface area contributed by atoms with E-state index in [1.807, 2.05) is 18.2 Å². The molecule has 1 aromatic rings. The molecule has 0 aliphatic carbocycles. The van der Waals surface area contributed by atoms with Crippen molar-refractivity contribution in [1.29, 1.82) is 0 Å². The molecule has 1 aliphatic rings. The zero-order valence-electron chi connectivity index (χ0n) is 10.8. The van der Waals surface area contributed by atoms with Crippen molar-refractivity contribution in [2.75, 3.05) is 20.4 Å². The van der Waals surface area contributed by atoms with Gasteiger partial charge in [0.05, 0.1) is 0 Å². The highest BCUT2D eigenvalue weighted by Crippen LogP contribution is 2.32. The van der Waals surface area contributed by atoms with E-state index in [1.54, 1.807) is 13.1 Å². The van der Waals surface area contributed by atoms with E-state index in [9.17, 15) is 0 Å². The van der Waals surface area contributed by atoms with Crippen LogP contribution in [-0.4, -0.2) is 26.3 Å². The number of ether oxygens (including phenoxy) is 2. The number of halogens is 1. The van der Waals surface area contributed by atoms with Gasteiger partial charge in [-0.3, -0.25) is 4.99 Å². The number of benzene rings is 1. The summed E-state index contributed by atoms with van der Waals surface area (Å²) in [5, 5.41) is 6.31. The summed E-state index contributed by atoms with van der Waals surface area (Å²) in [6, 6.07) is 5.89. The maximum Gasteiger partial charge on any atom is 0.231 e. The van der Waals surface area contributed by atoms with Crippen LogP contribution in [0.4, 0.5) is 0 Å².